The third-order valence-corrected chi connectivity index (χ3v) is 3.69. The number of hydrogen-bond donors (Lipinski definition) is 2. The zero-order valence-corrected chi connectivity index (χ0v) is 11.6. The van der Waals surface area contributed by atoms with Gasteiger partial charge in [-0.1, -0.05) is 43.3 Å². The number of benzene rings is 2. The van der Waals surface area contributed by atoms with E-state index in [-0.39, 0.29) is 11.7 Å². The van der Waals surface area contributed by atoms with Gasteiger partial charge in [-0.05, 0) is 35.2 Å². The van der Waals surface area contributed by atoms with Gasteiger partial charge in [-0.2, -0.15) is 0 Å². The summed E-state index contributed by atoms with van der Waals surface area (Å²) in [7, 11) is 0. The first-order valence-electron chi connectivity index (χ1n) is 6.88. The maximum Gasteiger partial charge on any atom is 0.123 e. The van der Waals surface area contributed by atoms with E-state index in [1.807, 2.05) is 24.3 Å². The lowest BCUT2D eigenvalue weighted by Gasteiger charge is -2.24. The zero-order valence-electron chi connectivity index (χ0n) is 11.6. The van der Waals surface area contributed by atoms with Crippen LogP contribution in [0.15, 0.2) is 48.5 Å². The molecule has 3 N–H and O–H groups in total. The Bertz CT molecular complexity index is 553. The standard InChI is InChI=1S/C17H20FNO/c1-2-12-5-3-4-6-15(12)17(20)16(11-19)13-7-9-14(18)10-8-13/h3-10,16-17,20H,2,11,19H2,1H3. The summed E-state index contributed by atoms with van der Waals surface area (Å²) < 4.78 is 13.0. The Morgan fingerprint density at radius 1 is 1.10 bits per heavy atom. The summed E-state index contributed by atoms with van der Waals surface area (Å²) >= 11 is 0. The molecule has 20 heavy (non-hydrogen) atoms. The predicted octanol–water partition coefficient (Wildman–Crippen LogP) is 3.16. The van der Waals surface area contributed by atoms with Gasteiger partial charge < -0.3 is 10.8 Å². The maximum atomic E-state index is 13.0. The number of hydrogen-bond acceptors (Lipinski definition) is 2. The molecule has 2 nitrogen and oxygen atoms in total. The Morgan fingerprint density at radius 3 is 2.35 bits per heavy atom. The fourth-order valence-corrected chi connectivity index (χ4v) is 2.52. The van der Waals surface area contributed by atoms with E-state index in [1.54, 1.807) is 12.1 Å². The molecule has 0 aliphatic heterocycles. The lowest BCUT2D eigenvalue weighted by Crippen LogP contribution is -2.21. The molecular formula is C17H20FNO. The molecule has 0 aliphatic rings. The minimum absolute atomic E-state index is 0.233. The van der Waals surface area contributed by atoms with Gasteiger partial charge in [-0.25, -0.2) is 4.39 Å². The van der Waals surface area contributed by atoms with Crippen LogP contribution < -0.4 is 5.73 Å². The molecule has 2 rings (SSSR count). The van der Waals surface area contributed by atoms with Gasteiger partial charge in [0.25, 0.3) is 0 Å². The van der Waals surface area contributed by atoms with Crippen molar-refractivity contribution in [1.82, 2.24) is 0 Å². The number of aliphatic hydroxyl groups is 1. The largest absolute Gasteiger partial charge is 0.388 e. The number of aliphatic hydroxyl groups excluding tert-OH is 1. The van der Waals surface area contributed by atoms with Gasteiger partial charge in [0.15, 0.2) is 0 Å². The smallest absolute Gasteiger partial charge is 0.123 e. The third kappa shape index (κ3) is 3.06. The van der Waals surface area contributed by atoms with E-state index in [0.29, 0.717) is 6.54 Å². The van der Waals surface area contributed by atoms with E-state index in [4.69, 9.17) is 5.73 Å². The molecular weight excluding hydrogens is 253 g/mol. The molecule has 0 saturated heterocycles. The van der Waals surface area contributed by atoms with Gasteiger partial charge in [-0.15, -0.1) is 0 Å². The van der Waals surface area contributed by atoms with Crippen LogP contribution in [0.1, 0.15) is 35.6 Å². The van der Waals surface area contributed by atoms with E-state index in [2.05, 4.69) is 6.92 Å². The Morgan fingerprint density at radius 2 is 1.75 bits per heavy atom. The highest BCUT2D eigenvalue weighted by atomic mass is 19.1. The molecule has 0 radical (unpaired) electrons. The SMILES string of the molecule is CCc1ccccc1C(O)C(CN)c1ccc(F)cc1. The summed E-state index contributed by atoms with van der Waals surface area (Å²) in [6.07, 6.45) is 0.176. The number of halogens is 1. The van der Waals surface area contributed by atoms with Crippen LogP contribution in [0.3, 0.4) is 0 Å². The molecule has 2 aromatic carbocycles. The van der Waals surface area contributed by atoms with Crippen molar-refractivity contribution in [1.29, 1.82) is 0 Å². The molecule has 0 bridgehead atoms. The Hall–Kier alpha value is -1.71. The minimum Gasteiger partial charge on any atom is -0.388 e. The Balaban J connectivity index is 2.33. The third-order valence-electron chi connectivity index (χ3n) is 3.69. The monoisotopic (exact) mass is 273 g/mol. The molecule has 0 saturated carbocycles. The fraction of sp³-hybridized carbons (Fsp3) is 0.294. The Kier molecular flexibility index (Phi) is 4.88. The molecule has 106 valence electrons. The summed E-state index contributed by atoms with van der Waals surface area (Å²) in [5.74, 6) is -0.517. The van der Waals surface area contributed by atoms with E-state index >= 15 is 0 Å². The molecule has 3 heteroatoms. The van der Waals surface area contributed by atoms with Gasteiger partial charge in [0.05, 0.1) is 6.10 Å². The second kappa shape index (κ2) is 6.64. The summed E-state index contributed by atoms with van der Waals surface area (Å²) in [4.78, 5) is 0. The summed E-state index contributed by atoms with van der Waals surface area (Å²) in [6.45, 7) is 2.37. The van der Waals surface area contributed by atoms with Crippen LogP contribution in [0.4, 0.5) is 4.39 Å². The van der Waals surface area contributed by atoms with Crippen LogP contribution in [0.25, 0.3) is 0 Å². The van der Waals surface area contributed by atoms with Crippen molar-refractivity contribution in [3.8, 4) is 0 Å². The van der Waals surface area contributed by atoms with Crippen molar-refractivity contribution in [3.63, 3.8) is 0 Å². The molecule has 0 heterocycles. The highest BCUT2D eigenvalue weighted by Crippen LogP contribution is 2.32. The van der Waals surface area contributed by atoms with Crippen LogP contribution in [0, 0.1) is 5.82 Å². The zero-order chi connectivity index (χ0) is 14.5. The van der Waals surface area contributed by atoms with Gasteiger partial charge in [-0.3, -0.25) is 0 Å². The van der Waals surface area contributed by atoms with E-state index in [1.165, 1.54) is 12.1 Å². The quantitative estimate of drug-likeness (QED) is 0.879. The number of nitrogens with two attached hydrogens (primary N) is 1. The van der Waals surface area contributed by atoms with E-state index in [0.717, 1.165) is 23.1 Å². The van der Waals surface area contributed by atoms with Crippen molar-refractivity contribution < 1.29 is 9.50 Å². The molecule has 2 unspecified atom stereocenters. The van der Waals surface area contributed by atoms with Crippen LogP contribution in [-0.2, 0) is 6.42 Å². The lowest BCUT2D eigenvalue weighted by molar-refractivity contribution is 0.146. The normalized spacial score (nSPS) is 14.0. The topological polar surface area (TPSA) is 46.2 Å². The number of rotatable bonds is 5. The summed E-state index contributed by atoms with van der Waals surface area (Å²) in [5, 5.41) is 10.6. The van der Waals surface area contributed by atoms with Crippen LogP contribution in [0.5, 0.6) is 0 Å². The average molecular weight is 273 g/mol. The molecule has 0 spiro atoms. The molecule has 0 aliphatic carbocycles. The van der Waals surface area contributed by atoms with Crippen LogP contribution in [-0.4, -0.2) is 11.7 Å². The van der Waals surface area contributed by atoms with E-state index in [9.17, 15) is 9.50 Å². The number of aryl methyl sites for hydroxylation is 1. The second-order valence-electron chi connectivity index (χ2n) is 4.89. The van der Waals surface area contributed by atoms with Crippen molar-refractivity contribution in [2.45, 2.75) is 25.4 Å². The first-order chi connectivity index (χ1) is 9.67. The molecule has 2 atom stereocenters. The molecule has 2 aromatic rings. The minimum atomic E-state index is -0.679. The van der Waals surface area contributed by atoms with Crippen molar-refractivity contribution in [3.05, 3.63) is 71.0 Å². The summed E-state index contributed by atoms with van der Waals surface area (Å²) in [5.41, 5.74) is 8.68. The van der Waals surface area contributed by atoms with Gasteiger partial charge in [0.2, 0.25) is 0 Å². The molecule has 0 amide bonds. The fourth-order valence-electron chi connectivity index (χ4n) is 2.52. The average Bonchev–Trinajstić information content (AvgIpc) is 2.49. The maximum absolute atomic E-state index is 13.0. The van der Waals surface area contributed by atoms with Crippen LogP contribution >= 0.6 is 0 Å². The van der Waals surface area contributed by atoms with Crippen molar-refractivity contribution in [2.24, 2.45) is 5.73 Å². The second-order valence-corrected chi connectivity index (χ2v) is 4.89. The van der Waals surface area contributed by atoms with E-state index < -0.39 is 6.10 Å². The lowest BCUT2D eigenvalue weighted by atomic mass is 9.87. The summed E-state index contributed by atoms with van der Waals surface area (Å²) in [6, 6.07) is 14.0. The van der Waals surface area contributed by atoms with Gasteiger partial charge in [0.1, 0.15) is 5.82 Å². The first kappa shape index (κ1) is 14.7. The Labute approximate surface area is 119 Å². The highest BCUT2D eigenvalue weighted by molar-refractivity contribution is 5.33. The predicted molar refractivity (Wildman–Crippen MR) is 79.0 cm³/mol. The van der Waals surface area contributed by atoms with Gasteiger partial charge in [0, 0.05) is 12.5 Å². The van der Waals surface area contributed by atoms with Crippen molar-refractivity contribution in [2.75, 3.05) is 6.54 Å². The highest BCUT2D eigenvalue weighted by Gasteiger charge is 2.23. The molecule has 0 fully saturated rings. The van der Waals surface area contributed by atoms with Gasteiger partial charge >= 0.3 is 0 Å². The first-order valence-corrected chi connectivity index (χ1v) is 6.88. The van der Waals surface area contributed by atoms with Crippen molar-refractivity contribution >= 4 is 0 Å². The van der Waals surface area contributed by atoms with Crippen LogP contribution in [0.2, 0.25) is 0 Å². The molecule has 0 aromatic heterocycles.